The van der Waals surface area contributed by atoms with Crippen LogP contribution in [0.15, 0.2) is 60.8 Å². The molecular weight excluding hydrogens is 396 g/mol. The Morgan fingerprint density at radius 3 is 2.61 bits per heavy atom. The molecule has 0 aliphatic rings. The second-order valence-electron chi connectivity index (χ2n) is 7.46. The van der Waals surface area contributed by atoms with Crippen LogP contribution in [0, 0.1) is 6.92 Å². The van der Waals surface area contributed by atoms with Gasteiger partial charge in [-0.05, 0) is 36.6 Å². The summed E-state index contributed by atoms with van der Waals surface area (Å²) in [6.45, 7) is 2.52. The van der Waals surface area contributed by atoms with Gasteiger partial charge in [-0.25, -0.2) is 4.68 Å². The minimum absolute atomic E-state index is 0.0227. The number of rotatable bonds is 10. The molecule has 31 heavy (non-hydrogen) atoms. The Morgan fingerprint density at radius 1 is 1.13 bits per heavy atom. The number of carbonyl (C=O) groups excluding carboxylic acids is 1. The van der Waals surface area contributed by atoms with E-state index in [2.05, 4.69) is 10.3 Å². The maximum atomic E-state index is 12.9. The first-order valence-electron chi connectivity index (χ1n) is 10.1. The van der Waals surface area contributed by atoms with Crippen molar-refractivity contribution in [2.24, 2.45) is 0 Å². The first-order valence-corrected chi connectivity index (χ1v) is 10.1. The van der Waals surface area contributed by atoms with Gasteiger partial charge in [0, 0.05) is 25.9 Å². The quantitative estimate of drug-likeness (QED) is 0.519. The highest BCUT2D eigenvalue weighted by molar-refractivity contribution is 5.81. The first kappa shape index (κ1) is 22.2. The van der Waals surface area contributed by atoms with Crippen molar-refractivity contribution in [2.45, 2.75) is 38.8 Å². The number of benzene rings is 2. The van der Waals surface area contributed by atoms with Gasteiger partial charge in [0.15, 0.2) is 0 Å². The normalized spacial score (nSPS) is 11.8. The Bertz CT molecular complexity index is 1020. The van der Waals surface area contributed by atoms with E-state index in [0.29, 0.717) is 18.7 Å². The van der Waals surface area contributed by atoms with E-state index >= 15 is 0 Å². The van der Waals surface area contributed by atoms with E-state index in [0.717, 1.165) is 16.8 Å². The third-order valence-electron chi connectivity index (χ3n) is 4.84. The maximum Gasteiger partial charge on any atom is 0.303 e. The lowest BCUT2D eigenvalue weighted by atomic mass is 10.1. The van der Waals surface area contributed by atoms with Gasteiger partial charge in [-0.2, -0.15) is 0 Å². The molecule has 3 rings (SSSR count). The Hall–Kier alpha value is -3.52. The summed E-state index contributed by atoms with van der Waals surface area (Å²) in [5, 5.41) is 27.6. The van der Waals surface area contributed by atoms with Crippen molar-refractivity contribution in [3.63, 3.8) is 0 Å². The van der Waals surface area contributed by atoms with Crippen molar-refractivity contribution in [2.75, 3.05) is 6.54 Å². The monoisotopic (exact) mass is 422 g/mol. The van der Waals surface area contributed by atoms with Crippen LogP contribution in [-0.4, -0.2) is 54.6 Å². The van der Waals surface area contributed by atoms with Crippen LogP contribution in [0.4, 0.5) is 0 Å². The molecule has 0 bridgehead atoms. The maximum absolute atomic E-state index is 12.9. The summed E-state index contributed by atoms with van der Waals surface area (Å²) >= 11 is 0. The van der Waals surface area contributed by atoms with Gasteiger partial charge in [0.1, 0.15) is 6.10 Å². The molecule has 2 N–H and O–H groups in total. The van der Waals surface area contributed by atoms with Crippen molar-refractivity contribution in [1.82, 2.24) is 19.9 Å². The molecule has 0 saturated carbocycles. The van der Waals surface area contributed by atoms with Crippen LogP contribution < -0.4 is 0 Å². The molecule has 8 heteroatoms. The molecule has 0 saturated heterocycles. The molecular formula is C23H26N4O4. The molecule has 8 nitrogen and oxygen atoms in total. The van der Waals surface area contributed by atoms with Crippen LogP contribution >= 0.6 is 0 Å². The molecule has 1 atom stereocenters. The fraction of sp³-hybridized carbons (Fsp3) is 0.304. The van der Waals surface area contributed by atoms with Crippen molar-refractivity contribution in [3.05, 3.63) is 77.6 Å². The highest BCUT2D eigenvalue weighted by Gasteiger charge is 2.24. The van der Waals surface area contributed by atoms with Gasteiger partial charge in [-0.1, -0.05) is 47.7 Å². The average molecular weight is 422 g/mol. The van der Waals surface area contributed by atoms with Gasteiger partial charge in [0.25, 0.3) is 5.91 Å². The zero-order chi connectivity index (χ0) is 22.2. The highest BCUT2D eigenvalue weighted by Crippen LogP contribution is 2.13. The number of aliphatic hydroxyl groups is 1. The van der Waals surface area contributed by atoms with E-state index in [9.17, 15) is 14.7 Å². The molecule has 0 radical (unpaired) electrons. The summed E-state index contributed by atoms with van der Waals surface area (Å²) in [6.07, 6.45) is 0.687. The molecule has 0 spiro atoms. The SMILES string of the molecule is Cc1cccc(-n2cc(CC(O)C(=O)N(CCCC(=O)O)Cc3ccccc3)nn2)c1. The van der Waals surface area contributed by atoms with Gasteiger partial charge in [-0.3, -0.25) is 9.59 Å². The summed E-state index contributed by atoms with van der Waals surface area (Å²) < 4.78 is 1.61. The number of carbonyl (C=O) groups is 2. The van der Waals surface area contributed by atoms with Gasteiger partial charge in [-0.15, -0.1) is 5.10 Å². The van der Waals surface area contributed by atoms with Gasteiger partial charge in [0.2, 0.25) is 0 Å². The Labute approximate surface area is 180 Å². The summed E-state index contributed by atoms with van der Waals surface area (Å²) in [7, 11) is 0. The zero-order valence-electron chi connectivity index (χ0n) is 17.4. The zero-order valence-corrected chi connectivity index (χ0v) is 17.4. The summed E-state index contributed by atoms with van der Waals surface area (Å²) in [4.78, 5) is 25.3. The van der Waals surface area contributed by atoms with Crippen LogP contribution in [0.5, 0.6) is 0 Å². The van der Waals surface area contributed by atoms with Crippen LogP contribution in [0.3, 0.4) is 0 Å². The smallest absolute Gasteiger partial charge is 0.303 e. The Balaban J connectivity index is 1.67. The first-order chi connectivity index (χ1) is 14.9. The average Bonchev–Trinajstić information content (AvgIpc) is 3.21. The number of amides is 1. The van der Waals surface area contributed by atoms with Gasteiger partial charge >= 0.3 is 5.97 Å². The largest absolute Gasteiger partial charge is 0.481 e. The van der Waals surface area contributed by atoms with Gasteiger partial charge in [0.05, 0.1) is 17.6 Å². The number of aliphatic carboxylic acids is 1. The molecule has 3 aromatic rings. The number of carboxylic acids is 1. The number of aromatic nitrogens is 3. The summed E-state index contributed by atoms with van der Waals surface area (Å²) in [5.41, 5.74) is 3.33. The number of hydrogen-bond donors (Lipinski definition) is 2. The van der Waals surface area contributed by atoms with Crippen molar-refractivity contribution in [1.29, 1.82) is 0 Å². The van der Waals surface area contributed by atoms with Crippen LogP contribution in [0.25, 0.3) is 5.69 Å². The minimum atomic E-state index is -1.30. The number of carboxylic acid groups (broad SMARTS) is 1. The molecule has 1 unspecified atom stereocenters. The van der Waals surface area contributed by atoms with Gasteiger partial charge < -0.3 is 15.1 Å². The second kappa shape index (κ2) is 10.5. The third kappa shape index (κ3) is 6.48. The van der Waals surface area contributed by atoms with Crippen molar-refractivity contribution in [3.8, 4) is 5.69 Å². The number of hydrogen-bond acceptors (Lipinski definition) is 5. The van der Waals surface area contributed by atoms with E-state index in [-0.39, 0.29) is 19.4 Å². The Morgan fingerprint density at radius 2 is 1.90 bits per heavy atom. The van der Waals surface area contributed by atoms with Crippen molar-refractivity contribution < 1.29 is 19.8 Å². The van der Waals surface area contributed by atoms with Crippen LogP contribution in [0.1, 0.15) is 29.7 Å². The van der Waals surface area contributed by atoms with Crippen molar-refractivity contribution >= 4 is 11.9 Å². The summed E-state index contributed by atoms with van der Waals surface area (Å²) in [6, 6.07) is 17.2. The fourth-order valence-corrected chi connectivity index (χ4v) is 3.28. The van der Waals surface area contributed by atoms with E-state index in [1.165, 1.54) is 4.90 Å². The molecule has 0 aliphatic heterocycles. The predicted molar refractivity (Wildman–Crippen MR) is 115 cm³/mol. The molecule has 1 heterocycles. The second-order valence-corrected chi connectivity index (χ2v) is 7.46. The van der Waals surface area contributed by atoms with E-state index in [1.54, 1.807) is 10.9 Å². The molecule has 1 amide bonds. The fourth-order valence-electron chi connectivity index (χ4n) is 3.28. The van der Waals surface area contributed by atoms with Crippen LogP contribution in [0.2, 0.25) is 0 Å². The standard InChI is InChI=1S/C23H26N4O4/c1-17-7-5-10-20(13-17)27-16-19(24-25-27)14-21(28)23(31)26(12-6-11-22(29)30)15-18-8-3-2-4-9-18/h2-5,7-10,13,16,21,28H,6,11-12,14-15H2,1H3,(H,29,30). The predicted octanol–water partition coefficient (Wildman–Crippen LogP) is 2.37. The molecule has 2 aromatic carbocycles. The molecule has 1 aromatic heterocycles. The van der Waals surface area contributed by atoms with E-state index in [1.807, 2.05) is 61.5 Å². The number of aryl methyl sites for hydroxylation is 1. The third-order valence-corrected chi connectivity index (χ3v) is 4.84. The molecule has 0 fully saturated rings. The lowest BCUT2D eigenvalue weighted by Crippen LogP contribution is -2.40. The van der Waals surface area contributed by atoms with E-state index < -0.39 is 18.0 Å². The lowest BCUT2D eigenvalue weighted by Gasteiger charge is -2.25. The highest BCUT2D eigenvalue weighted by atomic mass is 16.4. The number of nitrogens with zero attached hydrogens (tertiary/aromatic N) is 4. The van der Waals surface area contributed by atoms with E-state index in [4.69, 9.17) is 5.11 Å². The number of aliphatic hydroxyl groups excluding tert-OH is 1. The minimum Gasteiger partial charge on any atom is -0.481 e. The Kier molecular flexibility index (Phi) is 7.50. The molecule has 162 valence electrons. The van der Waals surface area contributed by atoms with Crippen LogP contribution in [-0.2, 0) is 22.6 Å². The molecule has 0 aliphatic carbocycles. The summed E-state index contributed by atoms with van der Waals surface area (Å²) in [5.74, 6) is -1.38. The lowest BCUT2D eigenvalue weighted by molar-refractivity contribution is -0.142. The topological polar surface area (TPSA) is 109 Å².